The van der Waals surface area contributed by atoms with Crippen molar-refractivity contribution in [1.82, 2.24) is 4.98 Å². The largest absolute Gasteiger partial charge is 0.258 e. The van der Waals surface area contributed by atoms with Crippen molar-refractivity contribution in [2.24, 2.45) is 0 Å². The molecular formula is C13H23N. The molecule has 0 spiro atoms. The quantitative estimate of drug-likeness (QED) is 0.689. The molecule has 0 fully saturated rings. The van der Waals surface area contributed by atoms with E-state index < -0.39 is 0 Å². The van der Waals surface area contributed by atoms with Gasteiger partial charge in [0.2, 0.25) is 0 Å². The van der Waals surface area contributed by atoms with E-state index in [-0.39, 0.29) is 0 Å². The van der Waals surface area contributed by atoms with E-state index in [9.17, 15) is 0 Å². The van der Waals surface area contributed by atoms with Crippen LogP contribution in [0.3, 0.4) is 0 Å². The van der Waals surface area contributed by atoms with Crippen LogP contribution in [0, 0.1) is 6.92 Å². The van der Waals surface area contributed by atoms with Gasteiger partial charge in [-0.1, -0.05) is 40.7 Å². The fourth-order valence-corrected chi connectivity index (χ4v) is 1.43. The Kier molecular flexibility index (Phi) is 6.18. The Morgan fingerprint density at radius 2 is 1.79 bits per heavy atom. The van der Waals surface area contributed by atoms with Crippen LogP contribution in [-0.4, -0.2) is 4.98 Å². The number of rotatable bonds is 2. The lowest BCUT2D eigenvalue weighted by atomic mass is 10.0. The van der Waals surface area contributed by atoms with Crippen LogP contribution in [0.5, 0.6) is 0 Å². The molecule has 80 valence electrons. The number of pyridine rings is 1. The van der Waals surface area contributed by atoms with Crippen LogP contribution in [0.4, 0.5) is 0 Å². The third-order valence-electron chi connectivity index (χ3n) is 2.17. The molecule has 0 aromatic carbocycles. The SMILES string of the molecule is CC.CCc1ccc(C(C)C)c(C)n1. The summed E-state index contributed by atoms with van der Waals surface area (Å²) in [7, 11) is 0. The van der Waals surface area contributed by atoms with Gasteiger partial charge in [-0.25, -0.2) is 0 Å². The molecule has 0 aliphatic carbocycles. The fraction of sp³-hybridized carbons (Fsp3) is 0.615. The molecule has 0 bridgehead atoms. The van der Waals surface area contributed by atoms with Crippen LogP contribution in [-0.2, 0) is 6.42 Å². The summed E-state index contributed by atoms with van der Waals surface area (Å²) >= 11 is 0. The lowest BCUT2D eigenvalue weighted by molar-refractivity contribution is 0.833. The summed E-state index contributed by atoms with van der Waals surface area (Å²) in [6, 6.07) is 4.33. The van der Waals surface area contributed by atoms with Crippen molar-refractivity contribution in [3.63, 3.8) is 0 Å². The first-order valence-electron chi connectivity index (χ1n) is 5.61. The Morgan fingerprint density at radius 3 is 2.14 bits per heavy atom. The summed E-state index contributed by atoms with van der Waals surface area (Å²) in [5, 5.41) is 0. The van der Waals surface area contributed by atoms with Gasteiger partial charge in [0.25, 0.3) is 0 Å². The zero-order valence-corrected chi connectivity index (χ0v) is 10.4. The molecule has 0 saturated carbocycles. The van der Waals surface area contributed by atoms with E-state index in [2.05, 4.69) is 44.8 Å². The molecule has 1 aromatic rings. The zero-order valence-electron chi connectivity index (χ0n) is 10.4. The Hall–Kier alpha value is -0.850. The van der Waals surface area contributed by atoms with Crippen molar-refractivity contribution in [3.8, 4) is 0 Å². The van der Waals surface area contributed by atoms with E-state index in [1.807, 2.05) is 13.8 Å². The van der Waals surface area contributed by atoms with Gasteiger partial charge in [-0.3, -0.25) is 4.98 Å². The number of hydrogen-bond acceptors (Lipinski definition) is 1. The van der Waals surface area contributed by atoms with E-state index >= 15 is 0 Å². The maximum absolute atomic E-state index is 4.51. The van der Waals surface area contributed by atoms with Gasteiger partial charge in [0.05, 0.1) is 0 Å². The van der Waals surface area contributed by atoms with Gasteiger partial charge >= 0.3 is 0 Å². The zero-order chi connectivity index (χ0) is 11.1. The average Bonchev–Trinajstić information content (AvgIpc) is 2.20. The fourth-order valence-electron chi connectivity index (χ4n) is 1.43. The third kappa shape index (κ3) is 3.49. The lowest BCUT2D eigenvalue weighted by Gasteiger charge is -2.09. The smallest absolute Gasteiger partial charge is 0.0410 e. The van der Waals surface area contributed by atoms with E-state index in [0.29, 0.717) is 5.92 Å². The maximum atomic E-state index is 4.51. The number of aryl methyl sites for hydroxylation is 2. The Balaban J connectivity index is 0.000000791. The number of hydrogen-bond donors (Lipinski definition) is 0. The maximum Gasteiger partial charge on any atom is 0.0410 e. The molecule has 14 heavy (non-hydrogen) atoms. The van der Waals surface area contributed by atoms with Crippen molar-refractivity contribution in [2.45, 2.75) is 53.9 Å². The molecule has 0 radical (unpaired) electrons. The molecule has 0 aliphatic heterocycles. The molecule has 0 unspecified atom stereocenters. The molecule has 0 amide bonds. The summed E-state index contributed by atoms with van der Waals surface area (Å²) < 4.78 is 0. The second kappa shape index (κ2) is 6.58. The topological polar surface area (TPSA) is 12.9 Å². The van der Waals surface area contributed by atoms with Crippen LogP contribution in [0.25, 0.3) is 0 Å². The van der Waals surface area contributed by atoms with Gasteiger partial charge in [-0.05, 0) is 30.9 Å². The highest BCUT2D eigenvalue weighted by atomic mass is 14.7. The summed E-state index contributed by atoms with van der Waals surface area (Å²) in [6.07, 6.45) is 1.03. The van der Waals surface area contributed by atoms with Gasteiger partial charge < -0.3 is 0 Å². The second-order valence-corrected chi connectivity index (χ2v) is 3.49. The molecule has 0 atom stereocenters. The Morgan fingerprint density at radius 1 is 1.21 bits per heavy atom. The predicted molar refractivity (Wildman–Crippen MR) is 63.8 cm³/mol. The first kappa shape index (κ1) is 13.2. The molecular weight excluding hydrogens is 170 g/mol. The second-order valence-electron chi connectivity index (χ2n) is 3.49. The van der Waals surface area contributed by atoms with E-state index in [0.717, 1.165) is 6.42 Å². The van der Waals surface area contributed by atoms with Gasteiger partial charge in [0, 0.05) is 11.4 Å². The summed E-state index contributed by atoms with van der Waals surface area (Å²) in [5.41, 5.74) is 3.74. The molecule has 1 aromatic heterocycles. The third-order valence-corrected chi connectivity index (χ3v) is 2.17. The average molecular weight is 193 g/mol. The monoisotopic (exact) mass is 193 g/mol. The summed E-state index contributed by atoms with van der Waals surface area (Å²) in [4.78, 5) is 4.51. The minimum atomic E-state index is 0.586. The van der Waals surface area contributed by atoms with Crippen LogP contribution in [0.1, 0.15) is 57.5 Å². The van der Waals surface area contributed by atoms with Crippen LogP contribution in [0.15, 0.2) is 12.1 Å². The molecule has 1 nitrogen and oxygen atoms in total. The van der Waals surface area contributed by atoms with Gasteiger partial charge in [-0.2, -0.15) is 0 Å². The summed E-state index contributed by atoms with van der Waals surface area (Å²) in [5.74, 6) is 0.586. The summed E-state index contributed by atoms with van der Waals surface area (Å²) in [6.45, 7) is 12.6. The minimum Gasteiger partial charge on any atom is -0.258 e. The highest BCUT2D eigenvalue weighted by Gasteiger charge is 2.03. The Labute approximate surface area is 88.6 Å². The molecule has 0 aliphatic rings. The first-order valence-corrected chi connectivity index (χ1v) is 5.61. The standard InChI is InChI=1S/C11H17N.C2H6/c1-5-10-6-7-11(8(2)3)9(4)12-10;1-2/h6-8H,5H2,1-4H3;1-2H3. The Bertz CT molecular complexity index is 264. The molecule has 0 saturated heterocycles. The van der Waals surface area contributed by atoms with Crippen molar-refractivity contribution >= 4 is 0 Å². The van der Waals surface area contributed by atoms with Crippen molar-refractivity contribution in [3.05, 3.63) is 29.1 Å². The van der Waals surface area contributed by atoms with Gasteiger partial charge in [0.15, 0.2) is 0 Å². The molecule has 0 N–H and O–H groups in total. The van der Waals surface area contributed by atoms with Gasteiger partial charge in [-0.15, -0.1) is 0 Å². The number of nitrogens with zero attached hydrogens (tertiary/aromatic N) is 1. The molecule has 1 rings (SSSR count). The number of aromatic nitrogens is 1. The van der Waals surface area contributed by atoms with E-state index in [1.165, 1.54) is 17.0 Å². The first-order chi connectivity index (χ1) is 6.65. The van der Waals surface area contributed by atoms with E-state index in [1.54, 1.807) is 0 Å². The van der Waals surface area contributed by atoms with Gasteiger partial charge in [0.1, 0.15) is 0 Å². The minimum absolute atomic E-state index is 0.586. The van der Waals surface area contributed by atoms with Crippen molar-refractivity contribution < 1.29 is 0 Å². The molecule has 1 heterocycles. The predicted octanol–water partition coefficient (Wildman–Crippen LogP) is 4.10. The van der Waals surface area contributed by atoms with Crippen molar-refractivity contribution in [2.75, 3.05) is 0 Å². The highest BCUT2D eigenvalue weighted by Crippen LogP contribution is 2.17. The highest BCUT2D eigenvalue weighted by molar-refractivity contribution is 5.24. The van der Waals surface area contributed by atoms with E-state index in [4.69, 9.17) is 0 Å². The van der Waals surface area contributed by atoms with Crippen LogP contribution < -0.4 is 0 Å². The van der Waals surface area contributed by atoms with Crippen LogP contribution >= 0.6 is 0 Å². The normalized spacial score (nSPS) is 9.64. The molecule has 1 heteroatoms. The van der Waals surface area contributed by atoms with Crippen molar-refractivity contribution in [1.29, 1.82) is 0 Å². The lowest BCUT2D eigenvalue weighted by Crippen LogP contribution is -1.97. The van der Waals surface area contributed by atoms with Crippen LogP contribution in [0.2, 0.25) is 0 Å².